The maximum Gasteiger partial charge on any atom is 0.286 e. The van der Waals surface area contributed by atoms with Gasteiger partial charge in [-0.15, -0.1) is 0 Å². The van der Waals surface area contributed by atoms with E-state index in [0.29, 0.717) is 29.2 Å². The van der Waals surface area contributed by atoms with Crippen LogP contribution in [0, 0.1) is 0 Å². The number of nitrogens with zero attached hydrogens (tertiary/aromatic N) is 2. The van der Waals surface area contributed by atoms with Gasteiger partial charge in [0.15, 0.2) is 0 Å². The van der Waals surface area contributed by atoms with Gasteiger partial charge >= 0.3 is 0 Å². The molecule has 166 valence electrons. The Bertz CT molecular complexity index is 1030. The van der Waals surface area contributed by atoms with Crippen LogP contribution in [0.25, 0.3) is 0 Å². The molecule has 2 amide bonds. The lowest BCUT2D eigenvalue weighted by Crippen LogP contribution is -2.35. The first-order chi connectivity index (χ1) is 14.8. The first-order valence-corrected chi connectivity index (χ1v) is 12.4. The second kappa shape index (κ2) is 10.3. The number of benzene rings is 2. The van der Waals surface area contributed by atoms with Crippen LogP contribution in [0.1, 0.15) is 24.8 Å². The zero-order chi connectivity index (χ0) is 22.4. The largest absolute Gasteiger partial charge is 0.339 e. The molecule has 1 fully saturated rings. The summed E-state index contributed by atoms with van der Waals surface area (Å²) in [5.41, 5.74) is 1.28. The highest BCUT2D eigenvalue weighted by molar-refractivity contribution is 8.13. The molecule has 2 aromatic carbocycles. The average molecular weight is 462 g/mol. The number of sulfonamides is 1. The predicted molar refractivity (Wildman–Crippen MR) is 123 cm³/mol. The Balaban J connectivity index is 1.65. The van der Waals surface area contributed by atoms with Crippen molar-refractivity contribution in [3.05, 3.63) is 54.1 Å². The molecular weight excluding hydrogens is 434 g/mol. The fourth-order valence-corrected chi connectivity index (χ4v) is 5.52. The molecule has 0 radical (unpaired) electrons. The summed E-state index contributed by atoms with van der Waals surface area (Å²) in [5, 5.41) is 2.71. The van der Waals surface area contributed by atoms with Crippen LogP contribution in [0.5, 0.6) is 0 Å². The number of carbonyl (C=O) groups excluding carboxylic acids is 2. The molecule has 31 heavy (non-hydrogen) atoms. The van der Waals surface area contributed by atoms with E-state index in [1.807, 2.05) is 6.07 Å². The number of carbonyl (C=O) groups is 2. The maximum atomic E-state index is 12.7. The molecule has 9 heteroatoms. The lowest BCUT2D eigenvalue weighted by Gasteiger charge is -2.25. The Morgan fingerprint density at radius 3 is 2.29 bits per heavy atom. The highest BCUT2D eigenvalue weighted by atomic mass is 32.2. The minimum absolute atomic E-state index is 0.102. The molecule has 0 atom stereocenters. The summed E-state index contributed by atoms with van der Waals surface area (Å²) in [6.45, 7) is 1.11. The topological polar surface area (TPSA) is 86.8 Å². The third kappa shape index (κ3) is 6.09. The monoisotopic (exact) mass is 461 g/mol. The predicted octanol–water partition coefficient (Wildman–Crippen LogP) is 3.82. The molecule has 1 aliphatic heterocycles. The second-order valence-corrected chi connectivity index (χ2v) is 10.5. The third-order valence-electron chi connectivity index (χ3n) is 4.96. The van der Waals surface area contributed by atoms with Crippen LogP contribution in [-0.2, 0) is 21.2 Å². The van der Waals surface area contributed by atoms with Gasteiger partial charge in [-0.2, -0.15) is 4.31 Å². The van der Waals surface area contributed by atoms with Crippen LogP contribution in [0.2, 0.25) is 0 Å². The first-order valence-electron chi connectivity index (χ1n) is 10.1. The van der Waals surface area contributed by atoms with Crippen LogP contribution in [0.15, 0.2) is 58.3 Å². The van der Waals surface area contributed by atoms with Gasteiger partial charge in [0.25, 0.3) is 5.24 Å². The summed E-state index contributed by atoms with van der Waals surface area (Å²) >= 11 is 1.05. The molecule has 0 aromatic heterocycles. The molecule has 1 saturated heterocycles. The Morgan fingerprint density at radius 2 is 1.65 bits per heavy atom. The van der Waals surface area contributed by atoms with Gasteiger partial charge in [-0.05, 0) is 54.4 Å². The molecular formula is C22H27N3O4S2. The maximum absolute atomic E-state index is 12.7. The van der Waals surface area contributed by atoms with Crippen LogP contribution in [-0.4, -0.2) is 56.0 Å². The molecule has 1 aliphatic rings. The highest BCUT2D eigenvalue weighted by Gasteiger charge is 2.25. The molecule has 2 aromatic rings. The molecule has 0 aliphatic carbocycles. The Labute approximate surface area is 187 Å². The molecule has 0 bridgehead atoms. The average Bonchev–Trinajstić information content (AvgIpc) is 2.76. The van der Waals surface area contributed by atoms with Crippen molar-refractivity contribution < 1.29 is 18.0 Å². The summed E-state index contributed by atoms with van der Waals surface area (Å²) < 4.78 is 27.0. The van der Waals surface area contributed by atoms with E-state index in [9.17, 15) is 18.0 Å². The number of hydrogen-bond donors (Lipinski definition) is 1. The lowest BCUT2D eigenvalue weighted by molar-refractivity contribution is -0.115. The van der Waals surface area contributed by atoms with Crippen LogP contribution >= 0.6 is 11.8 Å². The fourth-order valence-electron chi connectivity index (χ4n) is 3.26. The molecule has 0 saturated carbocycles. The van der Waals surface area contributed by atoms with Gasteiger partial charge in [0, 0.05) is 32.1 Å². The lowest BCUT2D eigenvalue weighted by atomic mass is 10.1. The van der Waals surface area contributed by atoms with E-state index < -0.39 is 10.0 Å². The van der Waals surface area contributed by atoms with Gasteiger partial charge in [-0.25, -0.2) is 8.42 Å². The molecule has 1 heterocycles. The number of anilines is 1. The van der Waals surface area contributed by atoms with Crippen LogP contribution < -0.4 is 5.32 Å². The molecule has 0 unspecified atom stereocenters. The fraction of sp³-hybridized carbons (Fsp3) is 0.364. The molecule has 7 nitrogen and oxygen atoms in total. The number of para-hydroxylation sites is 1. The first kappa shape index (κ1) is 23.3. The number of piperidine rings is 1. The van der Waals surface area contributed by atoms with Crippen molar-refractivity contribution in [3.63, 3.8) is 0 Å². The van der Waals surface area contributed by atoms with Crippen molar-refractivity contribution in [2.24, 2.45) is 0 Å². The van der Waals surface area contributed by atoms with Crippen molar-refractivity contribution in [2.75, 3.05) is 32.5 Å². The standard InChI is InChI=1S/C22H27N3O4S2/c1-24(2)22(27)30-20-9-5-4-8-19(20)23-21(26)16-17-10-12-18(13-11-17)31(28,29)25-14-6-3-7-15-25/h4-5,8-13H,3,6-7,14-16H2,1-2H3,(H,23,26). The second-order valence-electron chi connectivity index (χ2n) is 7.59. The number of hydrogen-bond acceptors (Lipinski definition) is 5. The quantitative estimate of drug-likeness (QED) is 0.661. The van der Waals surface area contributed by atoms with Crippen molar-refractivity contribution in [3.8, 4) is 0 Å². The summed E-state index contributed by atoms with van der Waals surface area (Å²) in [7, 11) is -0.141. The summed E-state index contributed by atoms with van der Waals surface area (Å²) in [6.07, 6.45) is 2.93. The van der Waals surface area contributed by atoms with E-state index in [-0.39, 0.29) is 22.5 Å². The van der Waals surface area contributed by atoms with Gasteiger partial charge in [0.05, 0.1) is 17.0 Å². The molecule has 1 N–H and O–H groups in total. The SMILES string of the molecule is CN(C)C(=O)Sc1ccccc1NC(=O)Cc1ccc(S(=O)(=O)N2CCCCC2)cc1. The van der Waals surface area contributed by atoms with E-state index in [1.165, 1.54) is 9.21 Å². The zero-order valence-corrected chi connectivity index (χ0v) is 19.3. The van der Waals surface area contributed by atoms with Crippen molar-refractivity contribution >= 4 is 38.6 Å². The van der Waals surface area contributed by atoms with Gasteiger partial charge in [0.1, 0.15) is 0 Å². The van der Waals surface area contributed by atoms with E-state index in [0.717, 1.165) is 31.0 Å². The van der Waals surface area contributed by atoms with E-state index in [4.69, 9.17) is 0 Å². The van der Waals surface area contributed by atoms with Crippen molar-refractivity contribution in [1.29, 1.82) is 0 Å². The van der Waals surface area contributed by atoms with Gasteiger partial charge in [-0.3, -0.25) is 9.59 Å². The highest BCUT2D eigenvalue weighted by Crippen LogP contribution is 2.29. The summed E-state index contributed by atoms with van der Waals surface area (Å²) in [6, 6.07) is 13.6. The van der Waals surface area contributed by atoms with E-state index >= 15 is 0 Å². The smallest absolute Gasteiger partial charge is 0.286 e. The van der Waals surface area contributed by atoms with Gasteiger partial charge in [-0.1, -0.05) is 30.7 Å². The molecule has 0 spiro atoms. The summed E-state index contributed by atoms with van der Waals surface area (Å²) in [5.74, 6) is -0.239. The van der Waals surface area contributed by atoms with Crippen molar-refractivity contribution in [1.82, 2.24) is 9.21 Å². The van der Waals surface area contributed by atoms with Gasteiger partial charge in [0.2, 0.25) is 15.9 Å². The normalized spacial score (nSPS) is 14.8. The number of rotatable bonds is 6. The third-order valence-corrected chi connectivity index (χ3v) is 7.99. The summed E-state index contributed by atoms with van der Waals surface area (Å²) in [4.78, 5) is 26.9. The minimum atomic E-state index is -3.49. The van der Waals surface area contributed by atoms with Crippen molar-refractivity contribution in [2.45, 2.75) is 35.5 Å². The number of nitrogens with one attached hydrogen (secondary N) is 1. The van der Waals surface area contributed by atoms with Gasteiger partial charge < -0.3 is 10.2 Å². The Morgan fingerprint density at radius 1 is 1.00 bits per heavy atom. The van der Waals surface area contributed by atoms with E-state index in [1.54, 1.807) is 56.6 Å². The van der Waals surface area contributed by atoms with Crippen LogP contribution in [0.3, 0.4) is 0 Å². The number of thioether (sulfide) groups is 1. The Hall–Kier alpha value is -2.36. The van der Waals surface area contributed by atoms with Crippen LogP contribution in [0.4, 0.5) is 10.5 Å². The molecule has 3 rings (SSSR count). The van der Waals surface area contributed by atoms with E-state index in [2.05, 4.69) is 5.32 Å². The Kier molecular flexibility index (Phi) is 7.74. The zero-order valence-electron chi connectivity index (χ0n) is 17.7. The minimum Gasteiger partial charge on any atom is -0.339 e. The number of amides is 2.